The van der Waals surface area contributed by atoms with Crippen LogP contribution in [0.25, 0.3) is 0 Å². The molecule has 0 N–H and O–H groups in total. The lowest BCUT2D eigenvalue weighted by Crippen LogP contribution is -1.98. The maximum absolute atomic E-state index is 14.4. The van der Waals surface area contributed by atoms with Crippen molar-refractivity contribution in [3.8, 4) is 0 Å². The number of benzene rings is 3. The van der Waals surface area contributed by atoms with Gasteiger partial charge in [-0.05, 0) is 96.9 Å². The van der Waals surface area contributed by atoms with Gasteiger partial charge in [-0.2, -0.15) is 0 Å². The van der Waals surface area contributed by atoms with Gasteiger partial charge >= 0.3 is 0 Å². The zero-order valence-electron chi connectivity index (χ0n) is 21.0. The Morgan fingerprint density at radius 1 is 0.441 bits per heavy atom. The second-order valence-electron chi connectivity index (χ2n) is 9.58. The van der Waals surface area contributed by atoms with E-state index < -0.39 is 0 Å². The van der Waals surface area contributed by atoms with Crippen molar-refractivity contribution < 1.29 is 8.78 Å². The Morgan fingerprint density at radius 3 is 1.15 bits per heavy atom. The van der Waals surface area contributed by atoms with Crippen LogP contribution >= 0.6 is 0 Å². The summed E-state index contributed by atoms with van der Waals surface area (Å²) < 4.78 is 28.7. The van der Waals surface area contributed by atoms with Crippen LogP contribution in [0.4, 0.5) is 8.78 Å². The van der Waals surface area contributed by atoms with Crippen molar-refractivity contribution in [3.63, 3.8) is 0 Å². The van der Waals surface area contributed by atoms with Gasteiger partial charge in [0.25, 0.3) is 0 Å². The Balaban J connectivity index is 1.46. The summed E-state index contributed by atoms with van der Waals surface area (Å²) in [6.45, 7) is 4.34. The van der Waals surface area contributed by atoms with E-state index in [2.05, 4.69) is 50.2 Å². The molecule has 0 saturated heterocycles. The predicted molar refractivity (Wildman–Crippen MR) is 141 cm³/mol. The van der Waals surface area contributed by atoms with Crippen LogP contribution in [0, 0.1) is 11.6 Å². The first kappa shape index (κ1) is 26.1. The molecule has 3 aromatic carbocycles. The number of unbranched alkanes of at least 4 members (excludes halogenated alkanes) is 4. The molecule has 2 heteroatoms. The molecule has 0 aromatic heterocycles. The SMILES string of the molecule is CCCCCc1ccc(CCc2ccc(CCc3ccc(CCCCC)c(F)c3)cc2)cc1F. The van der Waals surface area contributed by atoms with Gasteiger partial charge in [-0.1, -0.05) is 88.1 Å². The fourth-order valence-corrected chi connectivity index (χ4v) is 4.48. The van der Waals surface area contributed by atoms with Gasteiger partial charge in [0.1, 0.15) is 11.6 Å². The van der Waals surface area contributed by atoms with E-state index in [1.54, 1.807) is 12.1 Å². The highest BCUT2D eigenvalue weighted by Gasteiger charge is 2.06. The van der Waals surface area contributed by atoms with E-state index in [9.17, 15) is 8.78 Å². The molecule has 0 fully saturated rings. The van der Waals surface area contributed by atoms with E-state index in [-0.39, 0.29) is 11.6 Å². The largest absolute Gasteiger partial charge is 0.207 e. The molecule has 0 atom stereocenters. The minimum absolute atomic E-state index is 0.0608. The number of hydrogen-bond acceptors (Lipinski definition) is 0. The molecule has 0 aliphatic heterocycles. The number of aryl methyl sites for hydroxylation is 6. The molecule has 0 spiro atoms. The average molecular weight is 463 g/mol. The highest BCUT2D eigenvalue weighted by Crippen LogP contribution is 2.18. The van der Waals surface area contributed by atoms with Gasteiger partial charge in [0.05, 0.1) is 0 Å². The van der Waals surface area contributed by atoms with Gasteiger partial charge in [0.2, 0.25) is 0 Å². The van der Waals surface area contributed by atoms with Crippen molar-refractivity contribution >= 4 is 0 Å². The smallest absolute Gasteiger partial charge is 0.126 e. The topological polar surface area (TPSA) is 0 Å². The third kappa shape index (κ3) is 8.38. The molecule has 0 radical (unpaired) electrons. The Bertz CT molecular complexity index is 922. The summed E-state index contributed by atoms with van der Waals surface area (Å²) in [6, 6.07) is 20.2. The Labute approximate surface area is 205 Å². The Morgan fingerprint density at radius 2 is 0.794 bits per heavy atom. The minimum atomic E-state index is -0.0608. The Hall–Kier alpha value is -2.48. The summed E-state index contributed by atoms with van der Waals surface area (Å²) >= 11 is 0. The van der Waals surface area contributed by atoms with Gasteiger partial charge in [-0.15, -0.1) is 0 Å². The van der Waals surface area contributed by atoms with Crippen LogP contribution in [0.5, 0.6) is 0 Å². The highest BCUT2D eigenvalue weighted by atomic mass is 19.1. The third-order valence-corrected chi connectivity index (χ3v) is 6.76. The first-order valence-corrected chi connectivity index (χ1v) is 13.2. The molecule has 0 heterocycles. The first-order valence-electron chi connectivity index (χ1n) is 13.2. The van der Waals surface area contributed by atoms with Gasteiger partial charge in [0, 0.05) is 0 Å². The van der Waals surface area contributed by atoms with E-state index >= 15 is 0 Å². The summed E-state index contributed by atoms with van der Waals surface area (Å²) in [5.74, 6) is -0.122. The van der Waals surface area contributed by atoms with Crippen LogP contribution in [0.2, 0.25) is 0 Å². The van der Waals surface area contributed by atoms with Crippen LogP contribution < -0.4 is 0 Å². The summed E-state index contributed by atoms with van der Waals surface area (Å²) in [4.78, 5) is 0. The van der Waals surface area contributed by atoms with E-state index in [1.165, 1.54) is 11.1 Å². The Kier molecular flexibility index (Phi) is 10.8. The average Bonchev–Trinajstić information content (AvgIpc) is 2.85. The summed E-state index contributed by atoms with van der Waals surface area (Å²) in [7, 11) is 0. The zero-order chi connectivity index (χ0) is 24.2. The second-order valence-corrected chi connectivity index (χ2v) is 9.58. The minimum Gasteiger partial charge on any atom is -0.207 e. The lowest BCUT2D eigenvalue weighted by molar-refractivity contribution is 0.596. The normalized spacial score (nSPS) is 11.2. The zero-order valence-corrected chi connectivity index (χ0v) is 21.0. The maximum atomic E-state index is 14.4. The van der Waals surface area contributed by atoms with Crippen molar-refractivity contribution in [1.29, 1.82) is 0 Å². The van der Waals surface area contributed by atoms with Crippen LogP contribution in [0.1, 0.15) is 85.8 Å². The lowest BCUT2D eigenvalue weighted by atomic mass is 9.98. The van der Waals surface area contributed by atoms with E-state index in [4.69, 9.17) is 0 Å². The van der Waals surface area contributed by atoms with Crippen molar-refractivity contribution in [2.75, 3.05) is 0 Å². The van der Waals surface area contributed by atoms with Crippen LogP contribution in [-0.2, 0) is 38.5 Å². The van der Waals surface area contributed by atoms with E-state index in [1.807, 2.05) is 12.1 Å². The van der Waals surface area contributed by atoms with Crippen molar-refractivity contribution in [1.82, 2.24) is 0 Å². The standard InChI is InChI=1S/C32H40F2/c1-3-5-7-9-29-21-19-27(23-31(29)33)17-15-25-11-13-26(14-12-25)16-18-28-20-22-30(32(34)24-28)10-8-6-4-2/h11-14,19-24H,3-10,15-18H2,1-2H3. The van der Waals surface area contributed by atoms with E-state index in [0.29, 0.717) is 0 Å². The summed E-state index contributed by atoms with van der Waals surface area (Å²) in [6.07, 6.45) is 11.9. The molecule has 3 aromatic rings. The van der Waals surface area contributed by atoms with Gasteiger partial charge in [-0.25, -0.2) is 8.78 Å². The van der Waals surface area contributed by atoms with Crippen LogP contribution in [0.3, 0.4) is 0 Å². The first-order chi connectivity index (χ1) is 16.6. The monoisotopic (exact) mass is 462 g/mol. The van der Waals surface area contributed by atoms with Crippen molar-refractivity contribution in [3.05, 3.63) is 106 Å². The third-order valence-electron chi connectivity index (χ3n) is 6.76. The predicted octanol–water partition coefficient (Wildman–Crippen LogP) is 9.00. The molecule has 34 heavy (non-hydrogen) atoms. The van der Waals surface area contributed by atoms with Crippen molar-refractivity contribution in [2.24, 2.45) is 0 Å². The molecule has 0 amide bonds. The fraction of sp³-hybridized carbons (Fsp3) is 0.438. The van der Waals surface area contributed by atoms with Crippen LogP contribution in [-0.4, -0.2) is 0 Å². The molecule has 0 unspecified atom stereocenters. The lowest BCUT2D eigenvalue weighted by Gasteiger charge is -2.08. The molecular formula is C32H40F2. The van der Waals surface area contributed by atoms with Crippen molar-refractivity contribution in [2.45, 2.75) is 90.9 Å². The number of halogens is 2. The number of hydrogen-bond donors (Lipinski definition) is 0. The molecule has 0 aliphatic rings. The quantitative estimate of drug-likeness (QED) is 0.210. The van der Waals surface area contributed by atoms with Gasteiger partial charge in [0.15, 0.2) is 0 Å². The van der Waals surface area contributed by atoms with E-state index in [0.717, 1.165) is 99.3 Å². The molecule has 0 bridgehead atoms. The van der Waals surface area contributed by atoms with Gasteiger partial charge in [-0.3, -0.25) is 0 Å². The molecule has 0 aliphatic carbocycles. The molecule has 182 valence electrons. The fourth-order valence-electron chi connectivity index (χ4n) is 4.48. The number of rotatable bonds is 14. The summed E-state index contributed by atoms with van der Waals surface area (Å²) in [5, 5.41) is 0. The van der Waals surface area contributed by atoms with Crippen LogP contribution in [0.15, 0.2) is 60.7 Å². The summed E-state index contributed by atoms with van der Waals surface area (Å²) in [5.41, 5.74) is 6.32. The van der Waals surface area contributed by atoms with Gasteiger partial charge < -0.3 is 0 Å². The molecule has 0 nitrogen and oxygen atoms in total. The highest BCUT2D eigenvalue weighted by molar-refractivity contribution is 5.29. The second kappa shape index (κ2) is 14.0. The molecule has 0 saturated carbocycles. The molecular weight excluding hydrogens is 422 g/mol. The maximum Gasteiger partial charge on any atom is 0.126 e. The molecule has 3 rings (SSSR count).